The molecule has 2 saturated carbocycles. The third-order valence-electron chi connectivity index (χ3n) is 8.94. The Labute approximate surface area is 186 Å². The molecule has 4 fully saturated rings. The first-order valence-corrected chi connectivity index (χ1v) is 12.2. The lowest BCUT2D eigenvalue weighted by atomic mass is 9.55. The maximum absolute atomic E-state index is 12.9. The average Bonchev–Trinajstić information content (AvgIpc) is 3.02. The second kappa shape index (κ2) is 8.04. The Morgan fingerprint density at radius 3 is 2.68 bits per heavy atom. The molecule has 0 aromatic heterocycles. The van der Waals surface area contributed by atoms with E-state index in [1.54, 1.807) is 0 Å². The highest BCUT2D eigenvalue weighted by atomic mass is 16.6. The van der Waals surface area contributed by atoms with Crippen LogP contribution in [0.1, 0.15) is 57.4 Å². The van der Waals surface area contributed by atoms with E-state index in [4.69, 9.17) is 4.74 Å². The van der Waals surface area contributed by atoms with Crippen LogP contribution in [0, 0.1) is 23.2 Å². The Hall–Kier alpha value is -1.65. The highest BCUT2D eigenvalue weighted by molar-refractivity contribution is 5.75. The molecular weight excluding hydrogens is 386 g/mol. The van der Waals surface area contributed by atoms with Crippen LogP contribution in [0.2, 0.25) is 0 Å². The fraction of sp³-hybridized carbons (Fsp3) is 0.667. The Balaban J connectivity index is 1.21. The zero-order valence-electron chi connectivity index (χ0n) is 18.9. The van der Waals surface area contributed by atoms with E-state index in [0.29, 0.717) is 18.3 Å². The molecule has 0 amide bonds. The molecule has 2 aliphatic carbocycles. The van der Waals surface area contributed by atoms with Crippen LogP contribution in [0.4, 0.5) is 0 Å². The number of fused-ring (bicyclic) bond motifs is 2. The summed E-state index contributed by atoms with van der Waals surface area (Å²) in [5, 5.41) is 11.1. The van der Waals surface area contributed by atoms with Crippen LogP contribution in [-0.2, 0) is 16.0 Å². The van der Waals surface area contributed by atoms with Crippen molar-refractivity contribution in [3.8, 4) is 0 Å². The maximum atomic E-state index is 12.9. The van der Waals surface area contributed by atoms with Crippen LogP contribution in [0.3, 0.4) is 0 Å². The molecule has 4 heteroatoms. The molecule has 0 radical (unpaired) electrons. The highest BCUT2D eigenvalue weighted by Gasteiger charge is 2.55. The molecule has 2 aliphatic heterocycles. The minimum Gasteiger partial charge on any atom is -0.462 e. The van der Waals surface area contributed by atoms with E-state index in [0.717, 1.165) is 51.7 Å². The summed E-state index contributed by atoms with van der Waals surface area (Å²) in [6.07, 6.45) is 7.97. The number of carbonyl (C=O) groups excluding carboxylic acids is 1. The van der Waals surface area contributed by atoms with Gasteiger partial charge < -0.3 is 14.7 Å². The van der Waals surface area contributed by atoms with E-state index < -0.39 is 5.60 Å². The largest absolute Gasteiger partial charge is 0.462 e. The van der Waals surface area contributed by atoms with Crippen LogP contribution in [0.15, 0.2) is 42.5 Å². The average molecular weight is 424 g/mol. The molecule has 1 N–H and O–H groups in total. The monoisotopic (exact) mass is 423 g/mol. The van der Waals surface area contributed by atoms with E-state index in [2.05, 4.69) is 30.5 Å². The van der Waals surface area contributed by atoms with Gasteiger partial charge in [-0.2, -0.15) is 0 Å². The number of allylic oxidation sites excluding steroid dienone is 1. The topological polar surface area (TPSA) is 49.8 Å². The molecule has 2 heterocycles. The molecule has 2 saturated heterocycles. The highest BCUT2D eigenvalue weighted by Crippen LogP contribution is 2.57. The third-order valence-corrected chi connectivity index (χ3v) is 8.94. The number of hydrogen-bond acceptors (Lipinski definition) is 4. The predicted molar refractivity (Wildman–Crippen MR) is 121 cm³/mol. The molecular formula is C27H37NO3. The normalized spacial score (nSPS) is 37.7. The van der Waals surface area contributed by atoms with E-state index in [1.807, 2.05) is 18.2 Å². The minimum atomic E-state index is -0.636. The van der Waals surface area contributed by atoms with Gasteiger partial charge in [-0.25, -0.2) is 0 Å². The number of esters is 1. The summed E-state index contributed by atoms with van der Waals surface area (Å²) in [4.78, 5) is 15.2. The number of ether oxygens (including phenoxy) is 1. The van der Waals surface area contributed by atoms with Gasteiger partial charge in [0.05, 0.1) is 11.5 Å². The van der Waals surface area contributed by atoms with Crippen LogP contribution in [-0.4, -0.2) is 47.3 Å². The fourth-order valence-electron chi connectivity index (χ4n) is 7.05. The van der Waals surface area contributed by atoms with Gasteiger partial charge in [-0.15, -0.1) is 0 Å². The minimum absolute atomic E-state index is 0.00739. The van der Waals surface area contributed by atoms with Gasteiger partial charge in [-0.3, -0.25) is 4.79 Å². The predicted octanol–water partition coefficient (Wildman–Crippen LogP) is 4.37. The summed E-state index contributed by atoms with van der Waals surface area (Å²) in [5.41, 5.74) is 2.21. The van der Waals surface area contributed by atoms with E-state index in [-0.39, 0.29) is 23.4 Å². The smallest absolute Gasteiger partial charge is 0.310 e. The van der Waals surface area contributed by atoms with Crippen molar-refractivity contribution in [1.29, 1.82) is 0 Å². The molecule has 5 atom stereocenters. The molecule has 4 aliphatic rings. The number of hydrogen-bond donors (Lipinski definition) is 1. The second-order valence-electron chi connectivity index (χ2n) is 11.1. The van der Waals surface area contributed by atoms with Crippen molar-refractivity contribution >= 4 is 5.97 Å². The third kappa shape index (κ3) is 4.09. The summed E-state index contributed by atoms with van der Waals surface area (Å²) in [6.45, 7) is 9.26. The first kappa shape index (κ1) is 21.2. The van der Waals surface area contributed by atoms with Gasteiger partial charge in [0.15, 0.2) is 0 Å². The first-order valence-electron chi connectivity index (χ1n) is 12.2. The summed E-state index contributed by atoms with van der Waals surface area (Å²) in [5.74, 6) is 0.847. The number of rotatable bonds is 4. The fourth-order valence-corrected chi connectivity index (χ4v) is 7.05. The Bertz CT molecular complexity index is 828. The van der Waals surface area contributed by atoms with Crippen LogP contribution in [0.25, 0.3) is 0 Å². The molecule has 1 aromatic rings. The molecule has 1 aromatic carbocycles. The van der Waals surface area contributed by atoms with Gasteiger partial charge in [-0.05, 0) is 61.8 Å². The van der Waals surface area contributed by atoms with Gasteiger partial charge in [-0.1, -0.05) is 49.4 Å². The van der Waals surface area contributed by atoms with E-state index >= 15 is 0 Å². The Kier molecular flexibility index (Phi) is 5.50. The van der Waals surface area contributed by atoms with Crippen molar-refractivity contribution < 1.29 is 14.6 Å². The molecule has 5 rings (SSSR count). The Morgan fingerprint density at radius 1 is 1.19 bits per heavy atom. The number of benzene rings is 1. The summed E-state index contributed by atoms with van der Waals surface area (Å²) < 4.78 is 5.94. The van der Waals surface area contributed by atoms with Gasteiger partial charge in [0, 0.05) is 32.0 Å². The molecule has 31 heavy (non-hydrogen) atoms. The molecule has 0 bridgehead atoms. The zero-order valence-corrected chi connectivity index (χ0v) is 18.9. The summed E-state index contributed by atoms with van der Waals surface area (Å²) >= 11 is 0. The van der Waals surface area contributed by atoms with Gasteiger partial charge in [0.2, 0.25) is 0 Å². The Morgan fingerprint density at radius 2 is 1.94 bits per heavy atom. The molecule has 0 unspecified atom stereocenters. The van der Waals surface area contributed by atoms with Gasteiger partial charge in [0.25, 0.3) is 0 Å². The first-order chi connectivity index (χ1) is 14.9. The number of aliphatic hydroxyl groups is 1. The van der Waals surface area contributed by atoms with Crippen molar-refractivity contribution in [2.24, 2.45) is 23.2 Å². The van der Waals surface area contributed by atoms with Crippen molar-refractivity contribution in [1.82, 2.24) is 4.90 Å². The van der Waals surface area contributed by atoms with E-state index in [9.17, 15) is 9.90 Å². The van der Waals surface area contributed by atoms with Crippen LogP contribution >= 0.6 is 0 Å². The van der Waals surface area contributed by atoms with E-state index in [1.165, 1.54) is 24.0 Å². The van der Waals surface area contributed by atoms with Crippen LogP contribution in [0.5, 0.6) is 0 Å². The number of nitrogens with zero attached hydrogens (tertiary/aromatic N) is 1. The summed E-state index contributed by atoms with van der Waals surface area (Å²) in [7, 11) is 0. The molecule has 0 spiro atoms. The summed E-state index contributed by atoms with van der Waals surface area (Å²) in [6, 6.07) is 10.3. The second-order valence-corrected chi connectivity index (χ2v) is 11.1. The molecule has 4 nitrogen and oxygen atoms in total. The maximum Gasteiger partial charge on any atom is 0.310 e. The van der Waals surface area contributed by atoms with Gasteiger partial charge in [0.1, 0.15) is 6.10 Å². The number of piperidine rings is 1. The van der Waals surface area contributed by atoms with Crippen molar-refractivity contribution in [2.75, 3.05) is 19.6 Å². The van der Waals surface area contributed by atoms with Crippen LogP contribution < -0.4 is 0 Å². The molecule has 168 valence electrons. The zero-order chi connectivity index (χ0) is 21.6. The lowest BCUT2D eigenvalue weighted by Crippen LogP contribution is -2.49. The quantitative estimate of drug-likeness (QED) is 0.577. The van der Waals surface area contributed by atoms with Crippen molar-refractivity contribution in [2.45, 2.75) is 70.0 Å². The lowest BCUT2D eigenvalue weighted by molar-refractivity contribution is -0.146. The number of likely N-dealkylation sites (tertiary alicyclic amines) is 1. The number of carbonyl (C=O) groups is 1. The SMILES string of the molecule is C=C1CCC[C@]2(C)C[C@H]3OC(=O)[C@H](CN4CCC(O)(Cc5ccccc5)CC4)[C@H]3C[C@@H]12. The lowest BCUT2D eigenvalue weighted by Gasteiger charge is -2.50. The van der Waals surface area contributed by atoms with Crippen molar-refractivity contribution in [3.05, 3.63) is 48.0 Å². The van der Waals surface area contributed by atoms with Crippen molar-refractivity contribution in [3.63, 3.8) is 0 Å². The standard InChI is InChI=1S/C27H37NO3/c1-19-7-6-10-26(2)17-24-21(15-23(19)26)22(25(29)31-24)18-28-13-11-27(30,12-14-28)16-20-8-4-3-5-9-20/h3-5,8-9,21-24,30H,1,6-7,10-18H2,2H3/t21-,22-,23+,24-,26-/m1/s1. The van der Waals surface area contributed by atoms with Gasteiger partial charge >= 0.3 is 5.97 Å².